The van der Waals surface area contributed by atoms with Crippen LogP contribution >= 0.6 is 8.58 Å². The maximum atomic E-state index is 14.6. The minimum Gasteiger partial charge on any atom is -0.488 e. The van der Waals surface area contributed by atoms with E-state index in [9.17, 15) is 4.39 Å². The summed E-state index contributed by atoms with van der Waals surface area (Å²) >= 11 is 0. The third kappa shape index (κ3) is 4.62. The van der Waals surface area contributed by atoms with Gasteiger partial charge in [-0.05, 0) is 43.0 Å². The van der Waals surface area contributed by atoms with E-state index in [1.54, 1.807) is 6.07 Å². The minimum absolute atomic E-state index is 0.114. The molecule has 3 aromatic rings. The van der Waals surface area contributed by atoms with Crippen molar-refractivity contribution in [1.82, 2.24) is 0 Å². The molecule has 0 fully saturated rings. The zero-order valence-electron chi connectivity index (χ0n) is 17.1. The summed E-state index contributed by atoms with van der Waals surface area (Å²) < 4.78 is 20.9. The lowest BCUT2D eigenvalue weighted by atomic mass is 9.94. The number of halogens is 1. The lowest BCUT2D eigenvalue weighted by Gasteiger charge is -2.32. The highest BCUT2D eigenvalue weighted by Crippen LogP contribution is 2.48. The number of aryl methyl sites for hydroxylation is 2. The molecule has 3 heteroatoms. The molecule has 2 atom stereocenters. The Kier molecular flexibility index (Phi) is 6.52. The van der Waals surface area contributed by atoms with Gasteiger partial charge in [0.1, 0.15) is 18.2 Å². The van der Waals surface area contributed by atoms with Crippen LogP contribution in [0.1, 0.15) is 42.5 Å². The lowest BCUT2D eigenvalue weighted by molar-refractivity contribution is 0.297. The molecule has 0 aliphatic heterocycles. The van der Waals surface area contributed by atoms with Gasteiger partial charge in [0.05, 0.1) is 0 Å². The SMILES string of the molecule is CCC(C)(Pc1ccc(C)cc1F)c1cccc(C)c1OCc1ccccc1. The van der Waals surface area contributed by atoms with E-state index in [2.05, 4.69) is 51.1 Å². The van der Waals surface area contributed by atoms with Crippen molar-refractivity contribution in [3.05, 3.63) is 94.8 Å². The molecular formula is C25H28FOP. The molecule has 0 radical (unpaired) electrons. The lowest BCUT2D eigenvalue weighted by Crippen LogP contribution is -2.21. The number of ether oxygens (including phenoxy) is 1. The first-order valence-electron chi connectivity index (χ1n) is 9.74. The van der Waals surface area contributed by atoms with Crippen LogP contribution in [0.15, 0.2) is 66.7 Å². The van der Waals surface area contributed by atoms with Gasteiger partial charge in [-0.2, -0.15) is 0 Å². The summed E-state index contributed by atoms with van der Waals surface area (Å²) in [6.45, 7) is 8.92. The molecule has 2 unspecified atom stereocenters. The molecule has 0 bridgehead atoms. The molecule has 0 saturated carbocycles. The Hall–Kier alpha value is -2.18. The van der Waals surface area contributed by atoms with E-state index in [1.165, 1.54) is 0 Å². The van der Waals surface area contributed by atoms with Crippen molar-refractivity contribution in [2.75, 3.05) is 0 Å². The van der Waals surface area contributed by atoms with Crippen molar-refractivity contribution >= 4 is 13.9 Å². The van der Waals surface area contributed by atoms with Gasteiger partial charge in [-0.1, -0.05) is 83.1 Å². The summed E-state index contributed by atoms with van der Waals surface area (Å²) in [6.07, 6.45) is 0.907. The Balaban J connectivity index is 1.94. The molecule has 0 aromatic heterocycles. The second kappa shape index (κ2) is 8.88. The zero-order chi connectivity index (χ0) is 20.1. The van der Waals surface area contributed by atoms with Crippen molar-refractivity contribution in [3.8, 4) is 5.75 Å². The van der Waals surface area contributed by atoms with Gasteiger partial charge in [-0.3, -0.25) is 0 Å². The highest BCUT2D eigenvalue weighted by Gasteiger charge is 2.30. The third-order valence-corrected chi connectivity index (χ3v) is 7.12. The molecule has 1 nitrogen and oxygen atoms in total. The summed E-state index contributed by atoms with van der Waals surface area (Å²) in [5, 5.41) is 0.596. The Morgan fingerprint density at radius 2 is 1.71 bits per heavy atom. The molecule has 0 aliphatic rings. The van der Waals surface area contributed by atoms with Crippen LogP contribution in [0.3, 0.4) is 0 Å². The van der Waals surface area contributed by atoms with E-state index in [4.69, 9.17) is 4.74 Å². The first kappa shape index (κ1) is 20.6. The fraction of sp³-hybridized carbons (Fsp3) is 0.280. The van der Waals surface area contributed by atoms with Crippen LogP contribution < -0.4 is 10.0 Å². The van der Waals surface area contributed by atoms with E-state index in [-0.39, 0.29) is 11.0 Å². The normalized spacial score (nSPS) is 13.6. The second-order valence-electron chi connectivity index (χ2n) is 7.52. The summed E-state index contributed by atoms with van der Waals surface area (Å²) in [4.78, 5) is 0. The van der Waals surface area contributed by atoms with E-state index in [0.717, 1.165) is 39.7 Å². The number of benzene rings is 3. The Morgan fingerprint density at radius 3 is 2.39 bits per heavy atom. The standard InChI is InChI=1S/C25H28FOP/c1-5-25(4,28-23-15-14-18(2)16-22(23)26)21-13-9-10-19(3)24(21)27-17-20-11-7-6-8-12-20/h6-16,28H,5,17H2,1-4H3. The smallest absolute Gasteiger partial charge is 0.130 e. The van der Waals surface area contributed by atoms with Crippen molar-refractivity contribution in [2.45, 2.75) is 45.9 Å². The van der Waals surface area contributed by atoms with Crippen molar-refractivity contribution in [2.24, 2.45) is 0 Å². The summed E-state index contributed by atoms with van der Waals surface area (Å²) in [5.74, 6) is 0.813. The van der Waals surface area contributed by atoms with Crippen LogP contribution in [-0.4, -0.2) is 0 Å². The van der Waals surface area contributed by atoms with Crippen LogP contribution in [0.5, 0.6) is 5.75 Å². The number of para-hydroxylation sites is 1. The summed E-state index contributed by atoms with van der Waals surface area (Å²) in [5.41, 5.74) is 4.36. The van der Waals surface area contributed by atoms with Crippen molar-refractivity contribution < 1.29 is 9.13 Å². The third-order valence-electron chi connectivity index (χ3n) is 5.27. The molecular weight excluding hydrogens is 366 g/mol. The van der Waals surface area contributed by atoms with E-state index in [0.29, 0.717) is 15.2 Å². The number of hydrogen-bond acceptors (Lipinski definition) is 1. The van der Waals surface area contributed by atoms with E-state index >= 15 is 0 Å². The number of rotatable bonds is 7. The van der Waals surface area contributed by atoms with Gasteiger partial charge < -0.3 is 4.74 Å². The molecule has 3 rings (SSSR count). The quantitative estimate of drug-likeness (QED) is 0.408. The fourth-order valence-corrected chi connectivity index (χ4v) is 4.83. The first-order chi connectivity index (χ1) is 13.4. The van der Waals surface area contributed by atoms with Gasteiger partial charge in [-0.25, -0.2) is 4.39 Å². The predicted octanol–water partition coefficient (Wildman–Crippen LogP) is 6.65. The van der Waals surface area contributed by atoms with Crippen molar-refractivity contribution in [1.29, 1.82) is 0 Å². The van der Waals surface area contributed by atoms with Crippen molar-refractivity contribution in [3.63, 3.8) is 0 Å². The van der Waals surface area contributed by atoms with Gasteiger partial charge >= 0.3 is 0 Å². The molecule has 3 aromatic carbocycles. The van der Waals surface area contributed by atoms with Gasteiger partial charge in [0, 0.05) is 16.0 Å². The van der Waals surface area contributed by atoms with Crippen LogP contribution in [0.4, 0.5) is 4.39 Å². The predicted molar refractivity (Wildman–Crippen MR) is 119 cm³/mol. The van der Waals surface area contributed by atoms with Crippen LogP contribution in [-0.2, 0) is 11.8 Å². The molecule has 0 saturated heterocycles. The zero-order valence-corrected chi connectivity index (χ0v) is 18.1. The van der Waals surface area contributed by atoms with E-state index < -0.39 is 0 Å². The number of hydrogen-bond donors (Lipinski definition) is 0. The Labute approximate surface area is 169 Å². The summed E-state index contributed by atoms with van der Waals surface area (Å²) in [7, 11) is 0.330. The van der Waals surface area contributed by atoms with Gasteiger partial charge in [0.2, 0.25) is 0 Å². The maximum Gasteiger partial charge on any atom is 0.130 e. The van der Waals surface area contributed by atoms with Crippen LogP contribution in [0.25, 0.3) is 0 Å². The van der Waals surface area contributed by atoms with Gasteiger partial charge in [-0.15, -0.1) is 0 Å². The Bertz CT molecular complexity index is 939. The fourth-order valence-electron chi connectivity index (χ4n) is 3.37. The van der Waals surface area contributed by atoms with Gasteiger partial charge in [0.15, 0.2) is 0 Å². The Morgan fingerprint density at radius 1 is 0.964 bits per heavy atom. The molecule has 0 spiro atoms. The first-order valence-corrected chi connectivity index (χ1v) is 10.7. The molecule has 0 N–H and O–H groups in total. The highest BCUT2D eigenvalue weighted by atomic mass is 31.1. The van der Waals surface area contributed by atoms with E-state index in [1.807, 2.05) is 37.3 Å². The largest absolute Gasteiger partial charge is 0.488 e. The maximum absolute atomic E-state index is 14.6. The average Bonchev–Trinajstić information content (AvgIpc) is 2.70. The summed E-state index contributed by atoms with van der Waals surface area (Å²) in [6, 6.07) is 22.0. The monoisotopic (exact) mass is 394 g/mol. The van der Waals surface area contributed by atoms with Crippen LogP contribution in [0, 0.1) is 19.7 Å². The molecule has 0 aliphatic carbocycles. The average molecular weight is 394 g/mol. The molecule has 0 amide bonds. The molecule has 28 heavy (non-hydrogen) atoms. The molecule has 146 valence electrons. The molecule has 0 heterocycles. The topological polar surface area (TPSA) is 9.23 Å². The second-order valence-corrected chi connectivity index (χ2v) is 9.41. The highest BCUT2D eigenvalue weighted by molar-refractivity contribution is 7.48. The minimum atomic E-state index is -0.186. The van der Waals surface area contributed by atoms with Crippen LogP contribution in [0.2, 0.25) is 0 Å². The van der Waals surface area contributed by atoms with Gasteiger partial charge in [0.25, 0.3) is 0 Å².